The van der Waals surface area contributed by atoms with Gasteiger partial charge in [-0.1, -0.05) is 18.2 Å². The predicted octanol–water partition coefficient (Wildman–Crippen LogP) is 7.07. The number of fused-ring (bicyclic) bond motifs is 6. The molecule has 0 unspecified atom stereocenters. The highest BCUT2D eigenvalue weighted by Crippen LogP contribution is 2.47. The van der Waals surface area contributed by atoms with E-state index >= 15 is 0 Å². The van der Waals surface area contributed by atoms with Gasteiger partial charge in [0.05, 0.1) is 32.9 Å². The minimum atomic E-state index is -4.45. The van der Waals surface area contributed by atoms with Crippen LogP contribution in [-0.4, -0.2) is 4.40 Å². The Labute approximate surface area is 182 Å². The maximum atomic E-state index is 14.3. The molecule has 3 heterocycles. The molecule has 0 bridgehead atoms. The number of hydrogen-bond acceptors (Lipinski definition) is 0. The van der Waals surface area contributed by atoms with Crippen LogP contribution in [-0.2, 0) is 13.2 Å². The molecule has 2 nitrogen and oxygen atoms in total. The van der Waals surface area contributed by atoms with E-state index in [2.05, 4.69) is 31.2 Å². The Bertz CT molecular complexity index is 1750. The van der Waals surface area contributed by atoms with Crippen molar-refractivity contribution < 1.29 is 17.7 Å². The number of benzene rings is 3. The van der Waals surface area contributed by atoms with E-state index in [0.29, 0.717) is 16.3 Å². The van der Waals surface area contributed by atoms with Gasteiger partial charge < -0.3 is 4.40 Å². The van der Waals surface area contributed by atoms with E-state index in [4.69, 9.17) is 0 Å². The minimum Gasteiger partial charge on any atom is -0.307 e. The molecule has 0 aliphatic rings. The van der Waals surface area contributed by atoms with Gasteiger partial charge in [-0.15, -0.1) is 0 Å². The monoisotopic (exact) mass is 431 g/mol. The van der Waals surface area contributed by atoms with Gasteiger partial charge in [0.15, 0.2) is 6.20 Å². The smallest absolute Gasteiger partial charge is 0.307 e. The summed E-state index contributed by atoms with van der Waals surface area (Å²) in [4.78, 5) is 0. The lowest BCUT2D eigenvalue weighted by Crippen LogP contribution is -2.29. The molecule has 0 aliphatic heterocycles. The maximum Gasteiger partial charge on any atom is 0.417 e. The van der Waals surface area contributed by atoms with Crippen molar-refractivity contribution in [3.8, 4) is 0 Å². The SMILES string of the molecule is Cc1ccc2c3c(C(F)(F)F)cc4cc[n+](C)c5c6c(C)c(C)cc(C)c6n(c2c1)c3c45. The van der Waals surface area contributed by atoms with Crippen molar-refractivity contribution in [1.82, 2.24) is 4.40 Å². The van der Waals surface area contributed by atoms with Gasteiger partial charge in [-0.2, -0.15) is 13.2 Å². The van der Waals surface area contributed by atoms with Crippen molar-refractivity contribution in [1.29, 1.82) is 0 Å². The molecular formula is C27H22F3N2+. The first-order valence-electron chi connectivity index (χ1n) is 10.7. The minimum absolute atomic E-state index is 0.288. The summed E-state index contributed by atoms with van der Waals surface area (Å²) in [6, 6.07) is 11.0. The molecule has 3 aromatic carbocycles. The van der Waals surface area contributed by atoms with Gasteiger partial charge in [0, 0.05) is 16.8 Å². The van der Waals surface area contributed by atoms with Gasteiger partial charge in [-0.3, -0.25) is 0 Å². The first-order valence-corrected chi connectivity index (χ1v) is 10.7. The molecule has 160 valence electrons. The quantitative estimate of drug-likeness (QED) is 0.138. The standard InChI is InChI=1S/C27H22F3N2/c1-13-6-7-18-20(10-13)32-24-15(3)11-14(2)16(4)21(24)25-22-17(8-9-31(25)5)12-19(27(28,29)30)23(18)26(22)32/h6-12H,1-5H3/q+1. The van der Waals surface area contributed by atoms with E-state index < -0.39 is 11.7 Å². The molecule has 0 N–H and O–H groups in total. The molecule has 5 heteroatoms. The largest absolute Gasteiger partial charge is 0.417 e. The van der Waals surface area contributed by atoms with E-state index in [-0.39, 0.29) is 5.39 Å². The lowest BCUT2D eigenvalue weighted by atomic mass is 9.94. The third-order valence-electron chi connectivity index (χ3n) is 7.06. The third kappa shape index (κ3) is 2.23. The Morgan fingerprint density at radius 1 is 0.812 bits per heavy atom. The fourth-order valence-corrected chi connectivity index (χ4v) is 5.58. The van der Waals surface area contributed by atoms with E-state index in [1.165, 1.54) is 11.6 Å². The second-order valence-electron chi connectivity index (χ2n) is 9.10. The lowest BCUT2D eigenvalue weighted by Gasteiger charge is -2.17. The fourth-order valence-electron chi connectivity index (χ4n) is 5.58. The summed E-state index contributed by atoms with van der Waals surface area (Å²) in [7, 11) is 1.97. The summed E-state index contributed by atoms with van der Waals surface area (Å²) < 4.78 is 47.1. The molecule has 0 amide bonds. The first-order chi connectivity index (χ1) is 15.1. The van der Waals surface area contributed by atoms with Gasteiger partial charge in [0.25, 0.3) is 0 Å². The van der Waals surface area contributed by atoms with Crippen LogP contribution in [0.1, 0.15) is 27.8 Å². The summed E-state index contributed by atoms with van der Waals surface area (Å²) in [5, 5.41) is 3.53. The second kappa shape index (κ2) is 5.91. The van der Waals surface area contributed by atoms with Crippen LogP contribution in [0.5, 0.6) is 0 Å². The molecular weight excluding hydrogens is 409 g/mol. The Balaban J connectivity index is 2.15. The zero-order valence-electron chi connectivity index (χ0n) is 18.6. The zero-order valence-corrected chi connectivity index (χ0v) is 18.6. The Morgan fingerprint density at radius 2 is 1.56 bits per heavy atom. The highest BCUT2D eigenvalue weighted by molar-refractivity contribution is 6.28. The summed E-state index contributed by atoms with van der Waals surface area (Å²) in [5.74, 6) is 0. The van der Waals surface area contributed by atoms with Crippen LogP contribution >= 0.6 is 0 Å². The molecule has 3 aromatic heterocycles. The van der Waals surface area contributed by atoms with Crippen LogP contribution in [0.15, 0.2) is 42.6 Å². The summed E-state index contributed by atoms with van der Waals surface area (Å²) >= 11 is 0. The molecule has 32 heavy (non-hydrogen) atoms. The summed E-state index contributed by atoms with van der Waals surface area (Å²) in [6.45, 7) is 8.24. The van der Waals surface area contributed by atoms with Crippen molar-refractivity contribution >= 4 is 49.0 Å². The molecule has 0 saturated carbocycles. The average Bonchev–Trinajstić information content (AvgIpc) is 3.05. The van der Waals surface area contributed by atoms with Gasteiger partial charge in [0.2, 0.25) is 5.52 Å². The van der Waals surface area contributed by atoms with Crippen LogP contribution in [0.2, 0.25) is 0 Å². The van der Waals surface area contributed by atoms with Crippen molar-refractivity contribution in [3.05, 3.63) is 70.4 Å². The molecule has 0 radical (unpaired) electrons. The highest BCUT2D eigenvalue weighted by Gasteiger charge is 2.37. The van der Waals surface area contributed by atoms with Crippen LogP contribution in [0.3, 0.4) is 0 Å². The number of alkyl halides is 3. The Hall–Kier alpha value is -3.34. The van der Waals surface area contributed by atoms with E-state index in [1.54, 1.807) is 6.07 Å². The van der Waals surface area contributed by atoms with Crippen LogP contribution in [0.4, 0.5) is 13.2 Å². The van der Waals surface area contributed by atoms with Gasteiger partial charge in [0.1, 0.15) is 7.05 Å². The summed E-state index contributed by atoms with van der Waals surface area (Å²) in [5.41, 5.74) is 7.28. The van der Waals surface area contributed by atoms with Gasteiger partial charge >= 0.3 is 6.18 Å². The second-order valence-corrected chi connectivity index (χ2v) is 9.10. The predicted molar refractivity (Wildman–Crippen MR) is 124 cm³/mol. The van der Waals surface area contributed by atoms with Crippen molar-refractivity contribution in [2.45, 2.75) is 33.9 Å². The van der Waals surface area contributed by atoms with Gasteiger partial charge in [-0.25, -0.2) is 4.57 Å². The third-order valence-corrected chi connectivity index (χ3v) is 7.06. The Kier molecular flexibility index (Phi) is 3.58. The fraction of sp³-hybridized carbons (Fsp3) is 0.222. The van der Waals surface area contributed by atoms with E-state index in [0.717, 1.165) is 44.0 Å². The zero-order chi connectivity index (χ0) is 22.7. The van der Waals surface area contributed by atoms with Gasteiger partial charge in [-0.05, 0) is 67.5 Å². The molecule has 6 rings (SSSR count). The molecule has 0 fully saturated rings. The highest BCUT2D eigenvalue weighted by atomic mass is 19.4. The number of aromatic nitrogens is 2. The molecule has 0 aliphatic carbocycles. The van der Waals surface area contributed by atoms with Crippen LogP contribution < -0.4 is 4.57 Å². The Morgan fingerprint density at radius 3 is 2.28 bits per heavy atom. The molecule has 0 atom stereocenters. The van der Waals surface area contributed by atoms with Crippen molar-refractivity contribution in [2.24, 2.45) is 7.05 Å². The van der Waals surface area contributed by atoms with Crippen molar-refractivity contribution in [3.63, 3.8) is 0 Å². The number of rotatable bonds is 0. The van der Waals surface area contributed by atoms with Crippen LogP contribution in [0.25, 0.3) is 49.0 Å². The lowest BCUT2D eigenvalue weighted by molar-refractivity contribution is -0.643. The number of nitrogens with zero attached hydrogens (tertiary/aromatic N) is 2. The number of halogens is 3. The van der Waals surface area contributed by atoms with E-state index in [1.807, 2.05) is 42.9 Å². The van der Waals surface area contributed by atoms with E-state index in [9.17, 15) is 13.2 Å². The summed E-state index contributed by atoms with van der Waals surface area (Å²) in [6.07, 6.45) is -2.58. The normalized spacial score (nSPS) is 13.0. The maximum absolute atomic E-state index is 14.3. The molecule has 0 spiro atoms. The number of aryl methyl sites for hydroxylation is 5. The number of hydrogen-bond donors (Lipinski definition) is 0. The van der Waals surface area contributed by atoms with Crippen LogP contribution in [0, 0.1) is 27.7 Å². The first kappa shape index (κ1) is 19.4. The van der Waals surface area contributed by atoms with Crippen molar-refractivity contribution in [2.75, 3.05) is 0 Å². The molecule has 6 aromatic rings. The average molecular weight is 431 g/mol. The number of pyridine rings is 2. The molecule has 0 saturated heterocycles. The topological polar surface area (TPSA) is 8.29 Å².